The summed E-state index contributed by atoms with van der Waals surface area (Å²) >= 11 is 5.92. The largest absolute Gasteiger partial charge is 0.381 e. The molecule has 0 bridgehead atoms. The molecule has 3 heteroatoms. The summed E-state index contributed by atoms with van der Waals surface area (Å²) in [6.45, 7) is 8.20. The molecule has 78 valence electrons. The molecule has 0 saturated carbocycles. The number of rotatable bonds is 5. The van der Waals surface area contributed by atoms with E-state index in [-0.39, 0.29) is 0 Å². The van der Waals surface area contributed by atoms with E-state index in [4.69, 9.17) is 16.5 Å². The van der Waals surface area contributed by atoms with E-state index in [1.165, 1.54) is 12.8 Å². The van der Waals surface area contributed by atoms with E-state index in [0.717, 1.165) is 26.3 Å². The van der Waals surface area contributed by atoms with Gasteiger partial charge in [0.05, 0.1) is 6.61 Å². The van der Waals surface area contributed by atoms with Crippen LogP contribution in [-0.2, 0) is 4.74 Å². The van der Waals surface area contributed by atoms with Crippen LogP contribution in [0, 0.1) is 11.8 Å². The maximum absolute atomic E-state index is 5.92. The van der Waals surface area contributed by atoms with Gasteiger partial charge in [-0.05, 0) is 24.1 Å². The van der Waals surface area contributed by atoms with Crippen molar-refractivity contribution < 1.29 is 4.74 Å². The molecule has 0 amide bonds. The van der Waals surface area contributed by atoms with E-state index in [1.54, 1.807) is 0 Å². The van der Waals surface area contributed by atoms with Crippen molar-refractivity contribution in [2.45, 2.75) is 26.7 Å². The molecule has 0 aliphatic carbocycles. The Balaban J connectivity index is 2.07. The van der Waals surface area contributed by atoms with Gasteiger partial charge in [-0.15, -0.1) is 0 Å². The number of hydrogen-bond acceptors (Lipinski definition) is 2. The van der Waals surface area contributed by atoms with Crippen LogP contribution in [0.25, 0.3) is 0 Å². The normalized spacial score (nSPS) is 29.8. The Hall–Kier alpha value is 0.210. The third-order valence-corrected chi connectivity index (χ3v) is 2.97. The quantitative estimate of drug-likeness (QED) is 0.505. The Labute approximate surface area is 86.3 Å². The van der Waals surface area contributed by atoms with Crippen LogP contribution in [0.3, 0.4) is 0 Å². The minimum Gasteiger partial charge on any atom is -0.381 e. The highest BCUT2D eigenvalue weighted by Crippen LogP contribution is 2.24. The molecule has 0 aromatic rings. The van der Waals surface area contributed by atoms with Crippen LogP contribution < -0.4 is 0 Å². The first-order valence-corrected chi connectivity index (χ1v) is 5.56. The molecule has 13 heavy (non-hydrogen) atoms. The molecule has 0 spiro atoms. The predicted molar refractivity (Wildman–Crippen MR) is 55.8 cm³/mol. The van der Waals surface area contributed by atoms with Crippen molar-refractivity contribution in [3.8, 4) is 0 Å². The molecule has 1 aliphatic rings. The van der Waals surface area contributed by atoms with E-state index >= 15 is 0 Å². The molecule has 1 unspecified atom stereocenters. The van der Waals surface area contributed by atoms with Crippen molar-refractivity contribution in [1.82, 2.24) is 4.42 Å². The molecule has 2 nitrogen and oxygen atoms in total. The molecule has 0 N–H and O–H groups in total. The SMILES string of the molecule is CCCCOC[C@H]1CN(Cl)CC1C. The van der Waals surface area contributed by atoms with Crippen LogP contribution in [0.1, 0.15) is 26.7 Å². The highest BCUT2D eigenvalue weighted by atomic mass is 35.5. The second kappa shape index (κ2) is 5.84. The van der Waals surface area contributed by atoms with Gasteiger partial charge in [0.15, 0.2) is 0 Å². The molecule has 1 heterocycles. The Morgan fingerprint density at radius 3 is 2.77 bits per heavy atom. The van der Waals surface area contributed by atoms with E-state index < -0.39 is 0 Å². The van der Waals surface area contributed by atoms with E-state index in [9.17, 15) is 0 Å². The monoisotopic (exact) mass is 205 g/mol. The molecular weight excluding hydrogens is 186 g/mol. The third-order valence-electron chi connectivity index (χ3n) is 2.70. The highest BCUT2D eigenvalue weighted by molar-refractivity contribution is 6.13. The van der Waals surface area contributed by atoms with E-state index in [1.807, 2.05) is 4.42 Å². The van der Waals surface area contributed by atoms with Gasteiger partial charge in [0.25, 0.3) is 0 Å². The summed E-state index contributed by atoms with van der Waals surface area (Å²) in [5, 5.41) is 0. The molecule has 2 atom stereocenters. The topological polar surface area (TPSA) is 12.5 Å². The van der Waals surface area contributed by atoms with Gasteiger partial charge in [-0.3, -0.25) is 0 Å². The minimum absolute atomic E-state index is 0.634. The first-order valence-electron chi connectivity index (χ1n) is 5.22. The lowest BCUT2D eigenvalue weighted by molar-refractivity contribution is 0.0906. The van der Waals surface area contributed by atoms with E-state index in [0.29, 0.717) is 11.8 Å². The number of halogens is 1. The summed E-state index contributed by atoms with van der Waals surface area (Å²) in [6.07, 6.45) is 2.38. The van der Waals surface area contributed by atoms with Crippen molar-refractivity contribution in [2.24, 2.45) is 11.8 Å². The molecule has 0 aromatic carbocycles. The summed E-state index contributed by atoms with van der Waals surface area (Å²) in [7, 11) is 0. The standard InChI is InChI=1S/C10H20ClNO/c1-3-4-5-13-8-10-7-12(11)6-9(10)2/h9-10H,3-8H2,1-2H3/t9?,10-/m1/s1. The summed E-state index contributed by atoms with van der Waals surface area (Å²) in [5.41, 5.74) is 0. The lowest BCUT2D eigenvalue weighted by Crippen LogP contribution is -2.16. The molecule has 1 fully saturated rings. The second-order valence-corrected chi connectivity index (χ2v) is 4.47. The van der Waals surface area contributed by atoms with Crippen molar-refractivity contribution in [2.75, 3.05) is 26.3 Å². The van der Waals surface area contributed by atoms with Crippen LogP contribution in [0.5, 0.6) is 0 Å². The number of ether oxygens (including phenoxy) is 1. The number of unbranched alkanes of at least 4 members (excludes halogenated alkanes) is 1. The zero-order valence-corrected chi connectivity index (χ0v) is 9.39. The number of nitrogens with zero attached hydrogens (tertiary/aromatic N) is 1. The van der Waals surface area contributed by atoms with Crippen molar-refractivity contribution >= 4 is 11.8 Å². The minimum atomic E-state index is 0.634. The maximum atomic E-state index is 5.92. The Morgan fingerprint density at radius 1 is 1.46 bits per heavy atom. The van der Waals surface area contributed by atoms with Gasteiger partial charge in [0.1, 0.15) is 0 Å². The Kier molecular flexibility index (Phi) is 5.07. The molecule has 1 saturated heterocycles. The maximum Gasteiger partial charge on any atom is 0.0510 e. The Bertz CT molecular complexity index is 143. The summed E-state index contributed by atoms with van der Waals surface area (Å²) in [4.78, 5) is 0. The van der Waals surface area contributed by atoms with Gasteiger partial charge in [0, 0.05) is 25.6 Å². The molecule has 0 radical (unpaired) electrons. The van der Waals surface area contributed by atoms with Crippen molar-refractivity contribution in [3.05, 3.63) is 0 Å². The van der Waals surface area contributed by atoms with Crippen molar-refractivity contribution in [1.29, 1.82) is 0 Å². The first kappa shape index (κ1) is 11.3. The molecule has 0 aromatic heterocycles. The fourth-order valence-electron chi connectivity index (χ4n) is 1.67. The first-order chi connectivity index (χ1) is 6.24. The van der Waals surface area contributed by atoms with Gasteiger partial charge in [-0.25, -0.2) is 4.42 Å². The van der Waals surface area contributed by atoms with Crippen LogP contribution >= 0.6 is 11.8 Å². The average molecular weight is 206 g/mol. The Morgan fingerprint density at radius 2 is 2.23 bits per heavy atom. The second-order valence-electron chi connectivity index (χ2n) is 3.99. The molecule has 1 rings (SSSR count). The van der Waals surface area contributed by atoms with Gasteiger partial charge in [-0.2, -0.15) is 0 Å². The van der Waals surface area contributed by atoms with Gasteiger partial charge < -0.3 is 4.74 Å². The average Bonchev–Trinajstić information content (AvgIpc) is 2.39. The smallest absolute Gasteiger partial charge is 0.0510 e. The lowest BCUT2D eigenvalue weighted by atomic mass is 9.99. The lowest BCUT2D eigenvalue weighted by Gasteiger charge is -2.13. The fraction of sp³-hybridized carbons (Fsp3) is 1.00. The molecular formula is C10H20ClNO. The fourth-order valence-corrected chi connectivity index (χ4v) is 2.06. The zero-order valence-electron chi connectivity index (χ0n) is 8.63. The predicted octanol–water partition coefficient (Wildman–Crippen LogP) is 2.52. The van der Waals surface area contributed by atoms with Crippen LogP contribution in [0.4, 0.5) is 0 Å². The summed E-state index contributed by atoms with van der Waals surface area (Å²) in [6, 6.07) is 0. The number of hydrogen-bond donors (Lipinski definition) is 0. The van der Waals surface area contributed by atoms with Crippen LogP contribution in [0.2, 0.25) is 0 Å². The third kappa shape index (κ3) is 3.84. The van der Waals surface area contributed by atoms with Gasteiger partial charge in [0.2, 0.25) is 0 Å². The van der Waals surface area contributed by atoms with Crippen LogP contribution in [0.15, 0.2) is 0 Å². The van der Waals surface area contributed by atoms with Crippen molar-refractivity contribution in [3.63, 3.8) is 0 Å². The van der Waals surface area contributed by atoms with Gasteiger partial charge >= 0.3 is 0 Å². The zero-order chi connectivity index (χ0) is 9.68. The summed E-state index contributed by atoms with van der Waals surface area (Å²) in [5.74, 6) is 1.31. The highest BCUT2D eigenvalue weighted by Gasteiger charge is 2.28. The summed E-state index contributed by atoms with van der Waals surface area (Å²) < 4.78 is 7.46. The van der Waals surface area contributed by atoms with Gasteiger partial charge in [-0.1, -0.05) is 20.3 Å². The van der Waals surface area contributed by atoms with E-state index in [2.05, 4.69) is 13.8 Å². The molecule has 1 aliphatic heterocycles. The van der Waals surface area contributed by atoms with Crippen LogP contribution in [-0.4, -0.2) is 30.7 Å².